The van der Waals surface area contributed by atoms with Gasteiger partial charge >= 0.3 is 5.97 Å². The van der Waals surface area contributed by atoms with Gasteiger partial charge in [0.15, 0.2) is 0 Å². The minimum Gasteiger partial charge on any atom is -0.489 e. The molecule has 5 heteroatoms. The summed E-state index contributed by atoms with van der Waals surface area (Å²) < 4.78 is 16.0. The van der Waals surface area contributed by atoms with Gasteiger partial charge in [-0.25, -0.2) is 4.79 Å². The zero-order valence-electron chi connectivity index (χ0n) is 17.4. The molecule has 0 saturated carbocycles. The Morgan fingerprint density at radius 1 is 0.967 bits per heavy atom. The maximum Gasteiger partial charge on any atom is 0.337 e. The predicted octanol–water partition coefficient (Wildman–Crippen LogP) is 4.32. The van der Waals surface area contributed by atoms with E-state index in [1.807, 2.05) is 36.4 Å². The molecule has 0 spiro atoms. The number of rotatable bonds is 10. The maximum atomic E-state index is 11.6. The van der Waals surface area contributed by atoms with Crippen molar-refractivity contribution in [2.75, 3.05) is 40.5 Å². The van der Waals surface area contributed by atoms with Gasteiger partial charge in [-0.1, -0.05) is 54.6 Å². The predicted molar refractivity (Wildman–Crippen MR) is 120 cm³/mol. The minimum absolute atomic E-state index is 0.341. The first-order valence-corrected chi connectivity index (χ1v) is 9.89. The van der Waals surface area contributed by atoms with Crippen molar-refractivity contribution in [3.8, 4) is 5.75 Å². The van der Waals surface area contributed by atoms with Crippen LogP contribution < -0.4 is 10.1 Å². The van der Waals surface area contributed by atoms with Crippen LogP contribution in [0, 0.1) is 0 Å². The highest BCUT2D eigenvalue weighted by atomic mass is 16.5. The van der Waals surface area contributed by atoms with Crippen LogP contribution in [0.15, 0.2) is 72.3 Å². The number of esters is 1. The average molecular weight is 405 g/mol. The Labute approximate surface area is 177 Å². The third-order valence-electron chi connectivity index (χ3n) is 4.70. The lowest BCUT2D eigenvalue weighted by molar-refractivity contribution is 0.0600. The molecule has 0 aliphatic rings. The molecule has 156 valence electrons. The molecule has 1 N–H and O–H groups in total. The van der Waals surface area contributed by atoms with Crippen molar-refractivity contribution in [1.82, 2.24) is 5.32 Å². The molecule has 0 atom stereocenters. The lowest BCUT2D eigenvalue weighted by Gasteiger charge is -2.13. The van der Waals surface area contributed by atoms with E-state index in [0.717, 1.165) is 34.2 Å². The standard InChI is InChI=1S/C25H27NO4/c1-28-15-14-26-17-20(16-19-10-12-22(13-11-19)25(27)29-2)18-30-24-9-5-7-21-6-3-4-8-23(21)24/h3-13,16,26H,14-15,17-18H2,1-2H3. The first kappa shape index (κ1) is 21.6. The van der Waals surface area contributed by atoms with Crippen molar-refractivity contribution < 1.29 is 19.0 Å². The molecule has 0 fully saturated rings. The van der Waals surface area contributed by atoms with Crippen LogP contribution in [-0.2, 0) is 9.47 Å². The van der Waals surface area contributed by atoms with Crippen LogP contribution in [0.2, 0.25) is 0 Å². The van der Waals surface area contributed by atoms with Crippen molar-refractivity contribution in [2.45, 2.75) is 0 Å². The number of nitrogens with one attached hydrogen (secondary N) is 1. The SMILES string of the molecule is COCCNCC(=Cc1ccc(C(=O)OC)cc1)COc1cccc2ccccc12. The van der Waals surface area contributed by atoms with Crippen LogP contribution in [0.5, 0.6) is 5.75 Å². The summed E-state index contributed by atoms with van der Waals surface area (Å²) in [5.41, 5.74) is 2.61. The fourth-order valence-electron chi connectivity index (χ4n) is 3.13. The van der Waals surface area contributed by atoms with E-state index >= 15 is 0 Å². The van der Waals surface area contributed by atoms with E-state index in [2.05, 4.69) is 29.6 Å². The van der Waals surface area contributed by atoms with Gasteiger partial charge in [0.25, 0.3) is 0 Å². The van der Waals surface area contributed by atoms with Crippen molar-refractivity contribution in [3.05, 3.63) is 83.4 Å². The van der Waals surface area contributed by atoms with Gasteiger partial charge in [-0.3, -0.25) is 0 Å². The molecule has 3 aromatic rings. The van der Waals surface area contributed by atoms with Gasteiger partial charge in [0.05, 0.1) is 19.3 Å². The second-order valence-corrected chi connectivity index (χ2v) is 6.85. The average Bonchev–Trinajstić information content (AvgIpc) is 2.80. The fraction of sp³-hybridized carbons (Fsp3) is 0.240. The summed E-state index contributed by atoms with van der Waals surface area (Å²) in [6.45, 7) is 2.52. The number of methoxy groups -OCH3 is 2. The molecule has 0 aliphatic heterocycles. The van der Waals surface area contributed by atoms with Gasteiger partial charge < -0.3 is 19.5 Å². The molecule has 0 unspecified atom stereocenters. The molecule has 0 amide bonds. The largest absolute Gasteiger partial charge is 0.489 e. The van der Waals surface area contributed by atoms with Crippen LogP contribution in [0.1, 0.15) is 15.9 Å². The second-order valence-electron chi connectivity index (χ2n) is 6.85. The van der Waals surface area contributed by atoms with Gasteiger partial charge in [0.1, 0.15) is 12.4 Å². The van der Waals surface area contributed by atoms with Crippen LogP contribution in [0.3, 0.4) is 0 Å². The van der Waals surface area contributed by atoms with Crippen molar-refractivity contribution in [3.63, 3.8) is 0 Å². The van der Waals surface area contributed by atoms with E-state index in [9.17, 15) is 4.79 Å². The molecule has 30 heavy (non-hydrogen) atoms. The second kappa shape index (κ2) is 11.1. The van der Waals surface area contributed by atoms with Gasteiger partial charge in [0.2, 0.25) is 0 Å². The highest BCUT2D eigenvalue weighted by molar-refractivity contribution is 5.89. The highest BCUT2D eigenvalue weighted by Crippen LogP contribution is 2.25. The summed E-state index contributed by atoms with van der Waals surface area (Å²) in [5, 5.41) is 5.61. The Morgan fingerprint density at radius 2 is 1.73 bits per heavy atom. The molecule has 3 aromatic carbocycles. The summed E-state index contributed by atoms with van der Waals surface area (Å²) >= 11 is 0. The van der Waals surface area contributed by atoms with Gasteiger partial charge in [0, 0.05) is 25.6 Å². The number of carbonyl (C=O) groups excluding carboxylic acids is 1. The van der Waals surface area contributed by atoms with Crippen molar-refractivity contribution in [1.29, 1.82) is 0 Å². The lowest BCUT2D eigenvalue weighted by atomic mass is 10.1. The van der Waals surface area contributed by atoms with Crippen molar-refractivity contribution in [2.24, 2.45) is 0 Å². The molecule has 0 aromatic heterocycles. The molecule has 0 aliphatic carbocycles. The third kappa shape index (κ3) is 5.92. The summed E-state index contributed by atoms with van der Waals surface area (Å²) in [4.78, 5) is 11.6. The molecular formula is C25H27NO4. The third-order valence-corrected chi connectivity index (χ3v) is 4.70. The Bertz CT molecular complexity index is 990. The monoisotopic (exact) mass is 405 g/mol. The lowest BCUT2D eigenvalue weighted by Crippen LogP contribution is -2.23. The molecule has 3 rings (SSSR count). The number of hydrogen-bond acceptors (Lipinski definition) is 5. The number of fused-ring (bicyclic) bond motifs is 1. The van der Waals surface area contributed by atoms with Crippen LogP contribution in [-0.4, -0.2) is 46.5 Å². The zero-order valence-corrected chi connectivity index (χ0v) is 17.4. The Hall–Kier alpha value is -3.15. The molecular weight excluding hydrogens is 378 g/mol. The summed E-state index contributed by atoms with van der Waals surface area (Å²) in [6.07, 6.45) is 2.08. The summed E-state index contributed by atoms with van der Waals surface area (Å²) in [6, 6.07) is 21.6. The quantitative estimate of drug-likeness (QED) is 0.402. The van der Waals surface area contributed by atoms with E-state index in [1.165, 1.54) is 7.11 Å². The minimum atomic E-state index is -0.341. The fourth-order valence-corrected chi connectivity index (χ4v) is 3.13. The molecule has 0 heterocycles. The molecule has 0 radical (unpaired) electrons. The summed E-state index contributed by atoms with van der Waals surface area (Å²) in [5.74, 6) is 0.517. The van der Waals surface area contributed by atoms with E-state index in [-0.39, 0.29) is 5.97 Å². The van der Waals surface area contributed by atoms with E-state index < -0.39 is 0 Å². The van der Waals surface area contributed by atoms with E-state index in [4.69, 9.17) is 14.2 Å². The molecule has 0 saturated heterocycles. The number of benzene rings is 3. The smallest absolute Gasteiger partial charge is 0.337 e. The molecule has 5 nitrogen and oxygen atoms in total. The number of hydrogen-bond donors (Lipinski definition) is 1. The number of ether oxygens (including phenoxy) is 3. The van der Waals surface area contributed by atoms with Gasteiger partial charge in [-0.15, -0.1) is 0 Å². The van der Waals surface area contributed by atoms with Crippen LogP contribution >= 0.6 is 0 Å². The zero-order chi connectivity index (χ0) is 21.2. The van der Waals surface area contributed by atoms with Crippen molar-refractivity contribution >= 4 is 22.8 Å². The Balaban J connectivity index is 1.76. The highest BCUT2D eigenvalue weighted by Gasteiger charge is 2.06. The Kier molecular flexibility index (Phi) is 8.01. The van der Waals surface area contributed by atoms with Gasteiger partial charge in [-0.05, 0) is 34.7 Å². The van der Waals surface area contributed by atoms with Crippen LogP contribution in [0.4, 0.5) is 0 Å². The van der Waals surface area contributed by atoms with E-state index in [1.54, 1.807) is 19.2 Å². The first-order valence-electron chi connectivity index (χ1n) is 9.89. The first-order chi connectivity index (χ1) is 14.7. The molecule has 0 bridgehead atoms. The normalized spacial score (nSPS) is 11.5. The summed E-state index contributed by atoms with van der Waals surface area (Å²) in [7, 11) is 3.06. The Morgan fingerprint density at radius 3 is 2.50 bits per heavy atom. The van der Waals surface area contributed by atoms with E-state index in [0.29, 0.717) is 25.3 Å². The topological polar surface area (TPSA) is 56.8 Å². The maximum absolute atomic E-state index is 11.6. The number of carbonyl (C=O) groups is 1. The van der Waals surface area contributed by atoms with Gasteiger partial charge in [-0.2, -0.15) is 0 Å². The van der Waals surface area contributed by atoms with Crippen LogP contribution in [0.25, 0.3) is 16.8 Å².